The molecule has 2 aromatic heterocycles. The monoisotopic (exact) mass is 273 g/mol. The molecule has 0 spiro atoms. The van der Waals surface area contributed by atoms with E-state index in [-0.39, 0.29) is 5.84 Å². The third kappa shape index (κ3) is 2.45. The molecule has 3 rings (SSSR count). The van der Waals surface area contributed by atoms with Gasteiger partial charge >= 0.3 is 0 Å². The summed E-state index contributed by atoms with van der Waals surface area (Å²) in [6.07, 6.45) is 3.42. The first-order valence-corrected chi connectivity index (χ1v) is 6.28. The van der Waals surface area contributed by atoms with Crippen molar-refractivity contribution in [1.82, 2.24) is 24.6 Å². The highest BCUT2D eigenvalue weighted by molar-refractivity contribution is 5.95. The largest absolute Gasteiger partial charge is 0.409 e. The molecule has 3 heterocycles. The number of oxime groups is 1. The Balaban J connectivity index is 1.73. The summed E-state index contributed by atoms with van der Waals surface area (Å²) in [5.41, 5.74) is 7.09. The number of hydrogen-bond donors (Lipinski definition) is 2. The van der Waals surface area contributed by atoms with Crippen LogP contribution in [0.25, 0.3) is 0 Å². The molecule has 0 aromatic carbocycles. The van der Waals surface area contributed by atoms with Crippen LogP contribution in [0.1, 0.15) is 17.1 Å². The molecule has 8 nitrogen and oxygen atoms in total. The van der Waals surface area contributed by atoms with E-state index in [9.17, 15) is 0 Å². The van der Waals surface area contributed by atoms with Crippen LogP contribution >= 0.6 is 0 Å². The van der Waals surface area contributed by atoms with Crippen LogP contribution in [0.15, 0.2) is 29.8 Å². The molecular weight excluding hydrogens is 258 g/mol. The van der Waals surface area contributed by atoms with Crippen LogP contribution in [0.4, 0.5) is 0 Å². The first-order chi connectivity index (χ1) is 9.76. The smallest absolute Gasteiger partial charge is 0.188 e. The molecule has 0 radical (unpaired) electrons. The topological polar surface area (TPSA) is 105 Å². The molecule has 0 atom stereocenters. The Morgan fingerprint density at radius 3 is 3.20 bits per heavy atom. The highest BCUT2D eigenvalue weighted by Crippen LogP contribution is 2.13. The second kappa shape index (κ2) is 5.25. The third-order valence-electron chi connectivity index (χ3n) is 3.32. The standard InChI is InChI=1S/C12H15N7O/c13-12(17-20)10-5-9(1-2-14-10)6-18-3-4-19-8-15-16-11(19)7-18/h1-2,5,8,20H,3-4,6-7H2,(H2,13,17). The van der Waals surface area contributed by atoms with Crippen LogP contribution in [0.5, 0.6) is 0 Å². The Morgan fingerprint density at radius 2 is 2.35 bits per heavy atom. The van der Waals surface area contributed by atoms with Gasteiger partial charge in [0.25, 0.3) is 0 Å². The molecule has 20 heavy (non-hydrogen) atoms. The molecule has 1 aliphatic heterocycles. The van der Waals surface area contributed by atoms with Crippen LogP contribution in [0, 0.1) is 0 Å². The van der Waals surface area contributed by atoms with Gasteiger partial charge < -0.3 is 15.5 Å². The molecule has 0 aliphatic carbocycles. The molecule has 0 unspecified atom stereocenters. The molecular formula is C12H15N7O. The van der Waals surface area contributed by atoms with Gasteiger partial charge in [-0.25, -0.2) is 0 Å². The first-order valence-electron chi connectivity index (χ1n) is 6.28. The quantitative estimate of drug-likeness (QED) is 0.347. The summed E-state index contributed by atoms with van der Waals surface area (Å²) in [6, 6.07) is 3.75. The number of aromatic nitrogens is 4. The van der Waals surface area contributed by atoms with E-state index < -0.39 is 0 Å². The van der Waals surface area contributed by atoms with E-state index in [0.29, 0.717) is 5.69 Å². The average Bonchev–Trinajstić information content (AvgIpc) is 2.94. The zero-order valence-electron chi connectivity index (χ0n) is 10.8. The first kappa shape index (κ1) is 12.5. The van der Waals surface area contributed by atoms with E-state index in [4.69, 9.17) is 10.9 Å². The van der Waals surface area contributed by atoms with Crippen LogP contribution in [0.2, 0.25) is 0 Å². The predicted molar refractivity (Wildman–Crippen MR) is 70.9 cm³/mol. The van der Waals surface area contributed by atoms with Gasteiger partial charge in [0.15, 0.2) is 5.84 Å². The van der Waals surface area contributed by atoms with Crippen molar-refractivity contribution in [3.8, 4) is 0 Å². The zero-order chi connectivity index (χ0) is 13.9. The Hall–Kier alpha value is -2.48. The minimum absolute atomic E-state index is 0.0187. The predicted octanol–water partition coefficient (Wildman–Crippen LogP) is -0.217. The maximum atomic E-state index is 8.68. The van der Waals surface area contributed by atoms with Crippen molar-refractivity contribution in [2.45, 2.75) is 19.6 Å². The van der Waals surface area contributed by atoms with Crippen molar-refractivity contribution >= 4 is 5.84 Å². The molecule has 0 fully saturated rings. The Bertz CT molecular complexity index is 636. The van der Waals surface area contributed by atoms with Gasteiger partial charge in [-0.15, -0.1) is 10.2 Å². The van der Waals surface area contributed by atoms with Crippen molar-refractivity contribution in [1.29, 1.82) is 0 Å². The van der Waals surface area contributed by atoms with E-state index in [1.165, 1.54) is 0 Å². The SMILES string of the molecule is NC(=NO)c1cc(CN2CCn3cnnc3C2)ccn1. The minimum atomic E-state index is 0.0187. The highest BCUT2D eigenvalue weighted by atomic mass is 16.4. The van der Waals surface area contributed by atoms with E-state index in [2.05, 4.69) is 29.8 Å². The number of pyridine rings is 1. The lowest BCUT2D eigenvalue weighted by atomic mass is 10.2. The van der Waals surface area contributed by atoms with Crippen molar-refractivity contribution in [3.63, 3.8) is 0 Å². The highest BCUT2D eigenvalue weighted by Gasteiger charge is 2.17. The van der Waals surface area contributed by atoms with Crippen molar-refractivity contribution in [3.05, 3.63) is 41.7 Å². The molecule has 3 N–H and O–H groups in total. The molecule has 0 saturated carbocycles. The maximum absolute atomic E-state index is 8.68. The molecule has 104 valence electrons. The summed E-state index contributed by atoms with van der Waals surface area (Å²) < 4.78 is 2.06. The van der Waals surface area contributed by atoms with Crippen molar-refractivity contribution < 1.29 is 5.21 Å². The fraction of sp³-hybridized carbons (Fsp3) is 0.333. The maximum Gasteiger partial charge on any atom is 0.188 e. The average molecular weight is 273 g/mol. The normalized spacial score (nSPS) is 16.1. The molecule has 1 aliphatic rings. The second-order valence-electron chi connectivity index (χ2n) is 4.69. The lowest BCUT2D eigenvalue weighted by Gasteiger charge is -2.26. The van der Waals surface area contributed by atoms with Gasteiger partial charge in [0.1, 0.15) is 17.8 Å². The summed E-state index contributed by atoms with van der Waals surface area (Å²) >= 11 is 0. The van der Waals surface area contributed by atoms with Crippen LogP contribution < -0.4 is 5.73 Å². The molecule has 0 bridgehead atoms. The van der Waals surface area contributed by atoms with Crippen LogP contribution in [0.3, 0.4) is 0 Å². The number of amidine groups is 1. The number of rotatable bonds is 3. The summed E-state index contributed by atoms with van der Waals surface area (Å²) in [7, 11) is 0. The van der Waals surface area contributed by atoms with Gasteiger partial charge in [-0.05, 0) is 17.7 Å². The van der Waals surface area contributed by atoms with E-state index >= 15 is 0 Å². The molecule has 2 aromatic rings. The van der Waals surface area contributed by atoms with Crippen LogP contribution in [-0.4, -0.2) is 42.2 Å². The Labute approximate surface area is 115 Å². The fourth-order valence-electron chi connectivity index (χ4n) is 2.27. The van der Waals surface area contributed by atoms with E-state index in [1.54, 1.807) is 12.5 Å². The molecule has 0 amide bonds. The van der Waals surface area contributed by atoms with Crippen molar-refractivity contribution in [2.75, 3.05) is 6.54 Å². The summed E-state index contributed by atoms with van der Waals surface area (Å²) in [5, 5.41) is 19.7. The Morgan fingerprint density at radius 1 is 1.45 bits per heavy atom. The van der Waals surface area contributed by atoms with Gasteiger partial charge in [0.05, 0.1) is 6.54 Å². The summed E-state index contributed by atoms with van der Waals surface area (Å²) in [4.78, 5) is 6.34. The lowest BCUT2D eigenvalue weighted by Crippen LogP contribution is -2.33. The third-order valence-corrected chi connectivity index (χ3v) is 3.32. The van der Waals surface area contributed by atoms with E-state index in [0.717, 1.165) is 37.6 Å². The van der Waals surface area contributed by atoms with E-state index in [1.807, 2.05) is 12.1 Å². The van der Waals surface area contributed by atoms with Gasteiger partial charge in [-0.2, -0.15) is 0 Å². The summed E-state index contributed by atoms with van der Waals surface area (Å²) in [6.45, 7) is 3.36. The second-order valence-corrected chi connectivity index (χ2v) is 4.69. The molecule has 8 heteroatoms. The van der Waals surface area contributed by atoms with Gasteiger partial charge in [-0.3, -0.25) is 9.88 Å². The summed E-state index contributed by atoms with van der Waals surface area (Å²) in [5.74, 6) is 0.993. The van der Waals surface area contributed by atoms with Crippen LogP contribution in [-0.2, 0) is 19.6 Å². The molecule has 0 saturated heterocycles. The number of hydrogen-bond acceptors (Lipinski definition) is 6. The fourth-order valence-corrected chi connectivity index (χ4v) is 2.27. The van der Waals surface area contributed by atoms with Gasteiger partial charge in [-0.1, -0.05) is 5.16 Å². The minimum Gasteiger partial charge on any atom is -0.409 e. The Kier molecular flexibility index (Phi) is 3.30. The number of fused-ring (bicyclic) bond motifs is 1. The van der Waals surface area contributed by atoms with Gasteiger partial charge in [0, 0.05) is 25.8 Å². The van der Waals surface area contributed by atoms with Gasteiger partial charge in [0.2, 0.25) is 0 Å². The lowest BCUT2D eigenvalue weighted by molar-refractivity contribution is 0.208. The number of nitrogens with two attached hydrogens (primary N) is 1. The number of nitrogens with zero attached hydrogens (tertiary/aromatic N) is 6. The zero-order valence-corrected chi connectivity index (χ0v) is 10.8. The van der Waals surface area contributed by atoms with Crippen molar-refractivity contribution in [2.24, 2.45) is 10.9 Å².